The van der Waals surface area contributed by atoms with E-state index < -0.39 is 5.97 Å². The van der Waals surface area contributed by atoms with Crippen molar-refractivity contribution in [2.45, 2.75) is 25.0 Å². The summed E-state index contributed by atoms with van der Waals surface area (Å²) in [4.78, 5) is 10.5. The minimum Gasteiger partial charge on any atom is -0.491 e. The van der Waals surface area contributed by atoms with Gasteiger partial charge in [-0.05, 0) is 50.2 Å². The number of carbonyl (C=O) groups is 1. The van der Waals surface area contributed by atoms with E-state index in [4.69, 9.17) is 9.84 Å². The van der Waals surface area contributed by atoms with Crippen molar-refractivity contribution in [2.24, 2.45) is 0 Å². The average molecular weight is 304 g/mol. The van der Waals surface area contributed by atoms with E-state index in [9.17, 15) is 4.79 Å². The summed E-state index contributed by atoms with van der Waals surface area (Å²) in [6, 6.07) is 11.2. The lowest BCUT2D eigenvalue weighted by Gasteiger charge is -2.09. The molecule has 1 heterocycles. The topological polar surface area (TPSA) is 72.3 Å². The lowest BCUT2D eigenvalue weighted by Crippen LogP contribution is -2.05. The Bertz CT molecular complexity index is 597. The van der Waals surface area contributed by atoms with Crippen LogP contribution in [-0.2, 0) is 4.79 Å². The maximum absolute atomic E-state index is 10.5. The predicted octanol–water partition coefficient (Wildman–Crippen LogP) is 3.11. The molecule has 0 atom stereocenters. The van der Waals surface area contributed by atoms with E-state index >= 15 is 0 Å². The first kappa shape index (κ1) is 15.3. The van der Waals surface area contributed by atoms with Crippen LogP contribution in [0.4, 0.5) is 0 Å². The number of carboxylic acid groups (broad SMARTS) is 1. The summed E-state index contributed by atoms with van der Waals surface area (Å²) >= 11 is 1.15. The van der Waals surface area contributed by atoms with Gasteiger partial charge >= 0.3 is 5.97 Å². The molecule has 0 unspecified atom stereocenters. The molecule has 0 aliphatic rings. The quantitative estimate of drug-likeness (QED) is 0.827. The summed E-state index contributed by atoms with van der Waals surface area (Å²) in [5, 5.41) is 17.3. The number of aromatic nitrogens is 2. The molecule has 0 aliphatic heterocycles. The van der Waals surface area contributed by atoms with Crippen LogP contribution in [0.1, 0.15) is 13.8 Å². The number of carboxylic acids is 1. The highest BCUT2D eigenvalue weighted by atomic mass is 32.2. The van der Waals surface area contributed by atoms with Crippen LogP contribution in [0.5, 0.6) is 5.75 Å². The molecule has 1 N–H and O–H groups in total. The van der Waals surface area contributed by atoms with Gasteiger partial charge < -0.3 is 9.84 Å². The molecule has 1 aromatic carbocycles. The van der Waals surface area contributed by atoms with Crippen LogP contribution in [-0.4, -0.2) is 33.1 Å². The van der Waals surface area contributed by atoms with Crippen molar-refractivity contribution < 1.29 is 14.6 Å². The van der Waals surface area contributed by atoms with E-state index in [0.717, 1.165) is 28.8 Å². The second-order valence-corrected chi connectivity index (χ2v) is 5.63. The van der Waals surface area contributed by atoms with Crippen molar-refractivity contribution in [3.05, 3.63) is 36.4 Å². The molecular formula is C15H16N2O3S. The summed E-state index contributed by atoms with van der Waals surface area (Å²) in [7, 11) is 0. The van der Waals surface area contributed by atoms with Gasteiger partial charge in [0.15, 0.2) is 0 Å². The van der Waals surface area contributed by atoms with Crippen LogP contribution >= 0.6 is 11.8 Å². The summed E-state index contributed by atoms with van der Waals surface area (Å²) in [5.41, 5.74) is 1.68. The summed E-state index contributed by atoms with van der Waals surface area (Å²) in [6.45, 7) is 3.96. The maximum Gasteiger partial charge on any atom is 0.313 e. The van der Waals surface area contributed by atoms with Crippen LogP contribution in [0.25, 0.3) is 11.3 Å². The molecule has 0 aliphatic carbocycles. The summed E-state index contributed by atoms with van der Waals surface area (Å²) in [5.74, 6) is -0.0723. The number of thioether (sulfide) groups is 1. The van der Waals surface area contributed by atoms with E-state index in [1.165, 1.54) is 0 Å². The van der Waals surface area contributed by atoms with Gasteiger partial charge in [-0.1, -0.05) is 11.8 Å². The van der Waals surface area contributed by atoms with Crippen LogP contribution in [0.3, 0.4) is 0 Å². The largest absolute Gasteiger partial charge is 0.491 e. The minimum atomic E-state index is -0.869. The van der Waals surface area contributed by atoms with Gasteiger partial charge in [0.2, 0.25) is 0 Å². The first-order chi connectivity index (χ1) is 10.0. The highest BCUT2D eigenvalue weighted by molar-refractivity contribution is 7.99. The second-order valence-electron chi connectivity index (χ2n) is 4.63. The van der Waals surface area contributed by atoms with Crippen molar-refractivity contribution in [1.29, 1.82) is 0 Å². The normalized spacial score (nSPS) is 10.6. The molecule has 1 aromatic heterocycles. The standard InChI is InChI=1S/C15H16N2O3S/c1-10(2)20-12-5-3-11(4-6-12)13-7-8-14(17-16-13)21-9-15(18)19/h3-8,10H,9H2,1-2H3,(H,18,19). The van der Waals surface area contributed by atoms with Gasteiger partial charge in [-0.15, -0.1) is 10.2 Å². The Balaban J connectivity index is 2.06. The van der Waals surface area contributed by atoms with Gasteiger partial charge in [-0.3, -0.25) is 4.79 Å². The molecule has 0 saturated carbocycles. The molecule has 2 rings (SSSR count). The third-order valence-corrected chi connectivity index (χ3v) is 3.41. The van der Waals surface area contributed by atoms with E-state index in [1.807, 2.05) is 44.2 Å². The molecule has 0 fully saturated rings. The van der Waals surface area contributed by atoms with Gasteiger partial charge in [0.1, 0.15) is 10.8 Å². The molecule has 5 nitrogen and oxygen atoms in total. The van der Waals surface area contributed by atoms with Gasteiger partial charge in [-0.25, -0.2) is 0 Å². The lowest BCUT2D eigenvalue weighted by atomic mass is 10.1. The molecule has 0 radical (unpaired) electrons. The van der Waals surface area contributed by atoms with Crippen molar-refractivity contribution in [2.75, 3.05) is 5.75 Å². The molecule has 0 saturated heterocycles. The molecule has 0 bridgehead atoms. The van der Waals surface area contributed by atoms with E-state index in [1.54, 1.807) is 6.07 Å². The number of nitrogens with zero attached hydrogens (tertiary/aromatic N) is 2. The fourth-order valence-corrected chi connectivity index (χ4v) is 2.20. The highest BCUT2D eigenvalue weighted by Crippen LogP contribution is 2.22. The zero-order valence-corrected chi connectivity index (χ0v) is 12.6. The summed E-state index contributed by atoms with van der Waals surface area (Å²) in [6.07, 6.45) is 0.140. The Labute approximate surface area is 127 Å². The first-order valence-electron chi connectivity index (χ1n) is 6.50. The third kappa shape index (κ3) is 4.75. The van der Waals surface area contributed by atoms with Crippen molar-refractivity contribution in [3.63, 3.8) is 0 Å². The van der Waals surface area contributed by atoms with Gasteiger partial charge in [-0.2, -0.15) is 0 Å². The molecule has 0 spiro atoms. The zero-order valence-electron chi connectivity index (χ0n) is 11.8. The zero-order chi connectivity index (χ0) is 15.2. The molecular weight excluding hydrogens is 288 g/mol. The Kier molecular flexibility index (Phi) is 5.16. The minimum absolute atomic E-state index is 0.0186. The fraction of sp³-hybridized carbons (Fsp3) is 0.267. The Morgan fingerprint density at radius 2 is 1.90 bits per heavy atom. The maximum atomic E-state index is 10.5. The predicted molar refractivity (Wildman–Crippen MR) is 81.6 cm³/mol. The monoisotopic (exact) mass is 304 g/mol. The van der Waals surface area contributed by atoms with E-state index in [-0.39, 0.29) is 11.9 Å². The molecule has 0 amide bonds. The number of rotatable bonds is 6. The van der Waals surface area contributed by atoms with Gasteiger partial charge in [0, 0.05) is 5.56 Å². The fourth-order valence-electron chi connectivity index (χ4n) is 1.66. The molecule has 110 valence electrons. The van der Waals surface area contributed by atoms with Crippen molar-refractivity contribution >= 4 is 17.7 Å². The smallest absolute Gasteiger partial charge is 0.313 e. The van der Waals surface area contributed by atoms with Crippen LogP contribution in [0, 0.1) is 0 Å². The van der Waals surface area contributed by atoms with Crippen LogP contribution < -0.4 is 4.74 Å². The van der Waals surface area contributed by atoms with Crippen molar-refractivity contribution in [3.8, 4) is 17.0 Å². The second kappa shape index (κ2) is 7.08. The Hall–Kier alpha value is -2.08. The molecule has 6 heteroatoms. The van der Waals surface area contributed by atoms with E-state index in [2.05, 4.69) is 10.2 Å². The average Bonchev–Trinajstić information content (AvgIpc) is 2.46. The van der Waals surface area contributed by atoms with Crippen LogP contribution in [0.2, 0.25) is 0 Å². The Morgan fingerprint density at radius 1 is 1.19 bits per heavy atom. The van der Waals surface area contributed by atoms with Gasteiger partial charge in [0.25, 0.3) is 0 Å². The molecule has 2 aromatic rings. The van der Waals surface area contributed by atoms with Gasteiger partial charge in [0.05, 0.1) is 17.6 Å². The number of benzene rings is 1. The third-order valence-electron chi connectivity index (χ3n) is 2.51. The highest BCUT2D eigenvalue weighted by Gasteiger charge is 2.05. The number of hydrogen-bond acceptors (Lipinski definition) is 5. The Morgan fingerprint density at radius 3 is 2.43 bits per heavy atom. The van der Waals surface area contributed by atoms with E-state index in [0.29, 0.717) is 5.03 Å². The number of ether oxygens (including phenoxy) is 1. The van der Waals surface area contributed by atoms with Crippen LogP contribution in [0.15, 0.2) is 41.4 Å². The van der Waals surface area contributed by atoms with Crippen molar-refractivity contribution in [1.82, 2.24) is 10.2 Å². The molecule has 21 heavy (non-hydrogen) atoms. The lowest BCUT2D eigenvalue weighted by molar-refractivity contribution is -0.133. The first-order valence-corrected chi connectivity index (χ1v) is 7.48. The summed E-state index contributed by atoms with van der Waals surface area (Å²) < 4.78 is 5.58. The SMILES string of the molecule is CC(C)Oc1ccc(-c2ccc(SCC(=O)O)nn2)cc1. The number of aliphatic carboxylic acids is 1. The number of hydrogen-bond donors (Lipinski definition) is 1.